The van der Waals surface area contributed by atoms with Gasteiger partial charge in [-0.2, -0.15) is 0 Å². The van der Waals surface area contributed by atoms with E-state index < -0.39 is 0 Å². The molecule has 4 nitrogen and oxygen atoms in total. The predicted octanol–water partition coefficient (Wildman–Crippen LogP) is 2.66. The molecule has 1 heterocycles. The van der Waals surface area contributed by atoms with Crippen molar-refractivity contribution in [2.75, 3.05) is 19.7 Å². The van der Waals surface area contributed by atoms with Crippen molar-refractivity contribution in [3.05, 3.63) is 29.3 Å². The molecule has 1 aromatic rings. The zero-order chi connectivity index (χ0) is 16.1. The topological polar surface area (TPSA) is 55.6 Å². The fourth-order valence-corrected chi connectivity index (χ4v) is 3.22. The van der Waals surface area contributed by atoms with Crippen LogP contribution in [0, 0.1) is 19.8 Å². The summed E-state index contributed by atoms with van der Waals surface area (Å²) in [7, 11) is 0. The summed E-state index contributed by atoms with van der Waals surface area (Å²) < 4.78 is 5.74. The Morgan fingerprint density at radius 2 is 2.00 bits per heavy atom. The van der Waals surface area contributed by atoms with E-state index in [9.17, 15) is 4.79 Å². The molecule has 122 valence electrons. The van der Waals surface area contributed by atoms with Gasteiger partial charge in [-0.3, -0.25) is 4.79 Å². The van der Waals surface area contributed by atoms with Crippen molar-refractivity contribution < 1.29 is 9.53 Å². The van der Waals surface area contributed by atoms with Crippen molar-refractivity contribution in [1.29, 1.82) is 0 Å². The van der Waals surface area contributed by atoms with E-state index in [0.29, 0.717) is 25.5 Å². The molecule has 1 saturated heterocycles. The first-order chi connectivity index (χ1) is 10.5. The molecule has 1 fully saturated rings. The maximum absolute atomic E-state index is 12.4. The maximum Gasteiger partial charge on any atom is 0.226 e. The van der Waals surface area contributed by atoms with Gasteiger partial charge >= 0.3 is 0 Å². The molecule has 22 heavy (non-hydrogen) atoms. The molecule has 1 aliphatic rings. The molecule has 1 amide bonds. The average Bonchev–Trinajstić information content (AvgIpc) is 2.45. The average molecular weight is 304 g/mol. The lowest BCUT2D eigenvalue weighted by Crippen LogP contribution is -2.49. The van der Waals surface area contributed by atoms with Crippen LogP contribution in [0.3, 0.4) is 0 Å². The number of ether oxygens (including phenoxy) is 1. The molecule has 2 atom stereocenters. The van der Waals surface area contributed by atoms with Gasteiger partial charge in [-0.05, 0) is 55.9 Å². The lowest BCUT2D eigenvalue weighted by Gasteiger charge is -2.38. The number of aryl methyl sites for hydroxylation is 2. The molecule has 1 aliphatic heterocycles. The predicted molar refractivity (Wildman–Crippen MR) is 89.0 cm³/mol. The fraction of sp³-hybridized carbons (Fsp3) is 0.611. The van der Waals surface area contributed by atoms with Gasteiger partial charge in [0.15, 0.2) is 0 Å². The minimum atomic E-state index is 0.159. The second-order valence-electron chi connectivity index (χ2n) is 6.53. The van der Waals surface area contributed by atoms with Gasteiger partial charge in [0.1, 0.15) is 5.75 Å². The number of nitrogens with two attached hydrogens (primary N) is 1. The normalized spacial score (nSPS) is 21.7. The molecule has 0 bridgehead atoms. The Bertz CT molecular complexity index is 496. The smallest absolute Gasteiger partial charge is 0.226 e. The first-order valence-electron chi connectivity index (χ1n) is 8.20. The van der Waals surface area contributed by atoms with Crippen LogP contribution in [-0.2, 0) is 4.79 Å². The Balaban J connectivity index is 1.84. The second-order valence-corrected chi connectivity index (χ2v) is 6.53. The number of rotatable bonds is 5. The molecule has 0 aliphatic carbocycles. The van der Waals surface area contributed by atoms with Crippen molar-refractivity contribution in [2.24, 2.45) is 11.7 Å². The van der Waals surface area contributed by atoms with E-state index in [1.165, 1.54) is 11.1 Å². The van der Waals surface area contributed by atoms with Crippen LogP contribution >= 0.6 is 0 Å². The molecule has 0 saturated carbocycles. The zero-order valence-electron chi connectivity index (χ0n) is 14.0. The van der Waals surface area contributed by atoms with Crippen molar-refractivity contribution in [2.45, 2.75) is 46.1 Å². The van der Waals surface area contributed by atoms with Gasteiger partial charge in [0.25, 0.3) is 0 Å². The Morgan fingerprint density at radius 1 is 1.32 bits per heavy atom. The van der Waals surface area contributed by atoms with Gasteiger partial charge in [0.2, 0.25) is 5.91 Å². The Hall–Kier alpha value is -1.55. The van der Waals surface area contributed by atoms with Crippen LogP contribution in [-0.4, -0.2) is 36.5 Å². The molecule has 1 aromatic carbocycles. The third kappa shape index (κ3) is 4.47. The third-order valence-electron chi connectivity index (χ3n) is 4.35. The molecule has 0 spiro atoms. The Morgan fingerprint density at radius 3 is 2.64 bits per heavy atom. The molecule has 0 aromatic heterocycles. The van der Waals surface area contributed by atoms with Crippen LogP contribution in [0.15, 0.2) is 18.2 Å². The van der Waals surface area contributed by atoms with Crippen molar-refractivity contribution in [3.8, 4) is 5.75 Å². The van der Waals surface area contributed by atoms with Crippen LogP contribution in [0.4, 0.5) is 0 Å². The summed E-state index contributed by atoms with van der Waals surface area (Å²) in [6.45, 7) is 8.12. The summed E-state index contributed by atoms with van der Waals surface area (Å²) >= 11 is 0. The molecular weight excluding hydrogens is 276 g/mol. The lowest BCUT2D eigenvalue weighted by molar-refractivity contribution is -0.135. The van der Waals surface area contributed by atoms with E-state index in [0.717, 1.165) is 25.1 Å². The lowest BCUT2D eigenvalue weighted by atomic mass is 9.92. The van der Waals surface area contributed by atoms with Crippen LogP contribution in [0.25, 0.3) is 0 Å². The summed E-state index contributed by atoms with van der Waals surface area (Å²) in [5.41, 5.74) is 8.17. The van der Waals surface area contributed by atoms with Gasteiger partial charge in [0.05, 0.1) is 13.0 Å². The highest BCUT2D eigenvalue weighted by molar-refractivity contribution is 5.76. The minimum absolute atomic E-state index is 0.159. The summed E-state index contributed by atoms with van der Waals surface area (Å²) in [4.78, 5) is 14.3. The largest absolute Gasteiger partial charge is 0.493 e. The van der Waals surface area contributed by atoms with Gasteiger partial charge in [-0.1, -0.05) is 13.0 Å². The molecule has 4 heteroatoms. The summed E-state index contributed by atoms with van der Waals surface area (Å²) in [5, 5.41) is 0. The molecular formula is C18H28N2O2. The molecule has 2 N–H and O–H groups in total. The Kier molecular flexibility index (Phi) is 5.83. The number of piperidine rings is 1. The van der Waals surface area contributed by atoms with Gasteiger partial charge in [-0.15, -0.1) is 0 Å². The number of amides is 1. The zero-order valence-corrected chi connectivity index (χ0v) is 14.0. The summed E-state index contributed by atoms with van der Waals surface area (Å²) in [6.07, 6.45) is 2.50. The number of benzene rings is 1. The van der Waals surface area contributed by atoms with Crippen LogP contribution in [0.2, 0.25) is 0 Å². The highest BCUT2D eigenvalue weighted by Gasteiger charge is 2.28. The quantitative estimate of drug-likeness (QED) is 0.910. The molecule has 0 radical (unpaired) electrons. The molecule has 2 rings (SSSR count). The summed E-state index contributed by atoms with van der Waals surface area (Å²) in [5.74, 6) is 1.66. The van der Waals surface area contributed by atoms with Crippen LogP contribution in [0.1, 0.15) is 37.3 Å². The van der Waals surface area contributed by atoms with E-state index in [2.05, 4.69) is 13.0 Å². The van der Waals surface area contributed by atoms with Gasteiger partial charge in [-0.25, -0.2) is 0 Å². The first kappa shape index (κ1) is 16.8. The fourth-order valence-electron chi connectivity index (χ4n) is 3.22. The van der Waals surface area contributed by atoms with E-state index in [1.807, 2.05) is 30.9 Å². The summed E-state index contributed by atoms with van der Waals surface area (Å²) in [6, 6.07) is 6.31. The van der Waals surface area contributed by atoms with E-state index in [1.54, 1.807) is 0 Å². The van der Waals surface area contributed by atoms with Gasteiger partial charge in [0, 0.05) is 19.1 Å². The standard InChI is InChI=1S/C18H28N2O2/c1-13-4-6-20(16(9-13)12-19)18(21)5-7-22-17-10-14(2)8-15(3)11-17/h8,10-11,13,16H,4-7,9,12,19H2,1-3H3. The second kappa shape index (κ2) is 7.63. The van der Waals surface area contributed by atoms with Crippen LogP contribution < -0.4 is 10.5 Å². The Labute approximate surface area is 133 Å². The number of carbonyl (C=O) groups is 1. The van der Waals surface area contributed by atoms with Crippen molar-refractivity contribution >= 4 is 5.91 Å². The van der Waals surface area contributed by atoms with E-state index in [-0.39, 0.29) is 11.9 Å². The molecule has 2 unspecified atom stereocenters. The monoisotopic (exact) mass is 304 g/mol. The number of hydrogen-bond donors (Lipinski definition) is 1. The highest BCUT2D eigenvalue weighted by atomic mass is 16.5. The van der Waals surface area contributed by atoms with E-state index >= 15 is 0 Å². The highest BCUT2D eigenvalue weighted by Crippen LogP contribution is 2.22. The number of hydrogen-bond acceptors (Lipinski definition) is 3. The number of nitrogens with zero attached hydrogens (tertiary/aromatic N) is 1. The minimum Gasteiger partial charge on any atom is -0.493 e. The SMILES string of the molecule is Cc1cc(C)cc(OCCC(=O)N2CCC(C)CC2CN)c1. The maximum atomic E-state index is 12.4. The number of likely N-dealkylation sites (tertiary alicyclic amines) is 1. The van der Waals surface area contributed by atoms with Crippen LogP contribution in [0.5, 0.6) is 5.75 Å². The van der Waals surface area contributed by atoms with E-state index in [4.69, 9.17) is 10.5 Å². The van der Waals surface area contributed by atoms with Crippen molar-refractivity contribution in [1.82, 2.24) is 4.90 Å². The third-order valence-corrected chi connectivity index (χ3v) is 4.35. The number of carbonyl (C=O) groups excluding carboxylic acids is 1. The van der Waals surface area contributed by atoms with Crippen molar-refractivity contribution in [3.63, 3.8) is 0 Å². The first-order valence-corrected chi connectivity index (χ1v) is 8.20. The van der Waals surface area contributed by atoms with Gasteiger partial charge < -0.3 is 15.4 Å².